The Morgan fingerprint density at radius 1 is 1.30 bits per heavy atom. The Bertz CT molecular complexity index is 749. The molecule has 124 valence electrons. The molecule has 0 saturated carbocycles. The second-order valence-corrected chi connectivity index (χ2v) is 5.83. The van der Waals surface area contributed by atoms with Crippen LogP contribution in [0, 0.1) is 0 Å². The van der Waals surface area contributed by atoms with Crippen molar-refractivity contribution in [2.75, 3.05) is 25.6 Å². The molecule has 2 aromatic rings. The molecule has 0 amide bonds. The van der Waals surface area contributed by atoms with Gasteiger partial charge in [-0.05, 0) is 31.2 Å². The molecule has 0 aliphatic rings. The fraction of sp³-hybridized carbons (Fsp3) is 0.333. The van der Waals surface area contributed by atoms with Crippen LogP contribution in [-0.4, -0.2) is 30.3 Å². The quantitative estimate of drug-likeness (QED) is 0.451. The molecule has 0 bridgehead atoms. The minimum Gasteiger partial charge on any atom is -0.398 e. The van der Waals surface area contributed by atoms with Gasteiger partial charge >= 0.3 is 0 Å². The molecule has 8 heteroatoms. The maximum atomic E-state index is 12.5. The van der Waals surface area contributed by atoms with E-state index in [4.69, 9.17) is 20.0 Å². The Morgan fingerprint density at radius 3 is 2.70 bits per heavy atom. The lowest BCUT2D eigenvalue weighted by Crippen LogP contribution is -2.20. The second-order valence-electron chi connectivity index (χ2n) is 4.90. The maximum Gasteiger partial charge on any atom is 0.261 e. The molecule has 0 N–H and O–H groups in total. The fourth-order valence-corrected chi connectivity index (χ4v) is 2.34. The highest BCUT2D eigenvalue weighted by Gasteiger charge is 2.16. The van der Waals surface area contributed by atoms with Gasteiger partial charge in [0.25, 0.3) is 5.56 Å². The minimum atomic E-state index is -0.243. The molecule has 2 rings (SSSR count). The molecule has 6 nitrogen and oxygen atoms in total. The summed E-state index contributed by atoms with van der Waals surface area (Å²) in [6.45, 7) is 2.37. The zero-order valence-corrected chi connectivity index (χ0v) is 14.9. The average molecular weight is 356 g/mol. The van der Waals surface area contributed by atoms with E-state index in [0.717, 1.165) is 12.3 Å². The van der Waals surface area contributed by atoms with E-state index in [2.05, 4.69) is 4.98 Å². The highest BCUT2D eigenvalue weighted by atomic mass is 35.5. The first kappa shape index (κ1) is 17.7. The maximum absolute atomic E-state index is 12.5. The van der Waals surface area contributed by atoms with Crippen LogP contribution in [-0.2, 0) is 11.2 Å². The van der Waals surface area contributed by atoms with Crippen LogP contribution in [0.3, 0.4) is 0 Å². The summed E-state index contributed by atoms with van der Waals surface area (Å²) < 4.78 is 12.0. The van der Waals surface area contributed by atoms with Gasteiger partial charge in [-0.15, -0.1) is 0 Å². The van der Waals surface area contributed by atoms with E-state index in [1.165, 1.54) is 4.57 Å². The van der Waals surface area contributed by atoms with Gasteiger partial charge in [-0.1, -0.05) is 11.6 Å². The van der Waals surface area contributed by atoms with E-state index in [0.29, 0.717) is 34.6 Å². The largest absolute Gasteiger partial charge is 0.398 e. The lowest BCUT2D eigenvalue weighted by molar-refractivity contribution is 0.369. The van der Waals surface area contributed by atoms with Crippen molar-refractivity contribution >= 4 is 29.7 Å². The van der Waals surface area contributed by atoms with Crippen LogP contribution in [0.4, 0.5) is 5.82 Å². The number of halogens is 1. The van der Waals surface area contributed by atoms with E-state index in [1.807, 2.05) is 32.0 Å². The third-order valence-electron chi connectivity index (χ3n) is 3.09. The molecule has 23 heavy (non-hydrogen) atoms. The summed E-state index contributed by atoms with van der Waals surface area (Å²) in [5.74, 6) is 1.17. The number of pyridine rings is 2. The van der Waals surface area contributed by atoms with Gasteiger partial charge in [-0.25, -0.2) is 4.98 Å². The fourth-order valence-electron chi connectivity index (χ4n) is 1.85. The Hall–Kier alpha value is -1.70. The highest BCUT2D eigenvalue weighted by Crippen LogP contribution is 2.31. The van der Waals surface area contributed by atoms with Crippen molar-refractivity contribution in [3.8, 4) is 17.0 Å². The molecule has 0 aliphatic carbocycles. The number of rotatable bonds is 6. The standard InChI is InChI=1S/C15H18ClN3O3S/c1-5-21-23-22-11-7-9-13(18(2)3)17-14(11)10-6-8-12(16)19(4)15(10)20/h6-9H,5H2,1-4H3. The zero-order valence-electron chi connectivity index (χ0n) is 13.4. The summed E-state index contributed by atoms with van der Waals surface area (Å²) in [6.07, 6.45) is 0. The summed E-state index contributed by atoms with van der Waals surface area (Å²) in [6, 6.07) is 6.87. The third kappa shape index (κ3) is 3.99. The summed E-state index contributed by atoms with van der Waals surface area (Å²) in [5, 5.41) is 0.355. The molecular formula is C15H18ClN3O3S. The Balaban J connectivity index is 2.55. The lowest BCUT2D eigenvalue weighted by atomic mass is 10.1. The smallest absolute Gasteiger partial charge is 0.261 e. The summed E-state index contributed by atoms with van der Waals surface area (Å²) in [5.41, 5.74) is 0.612. The van der Waals surface area contributed by atoms with Crippen LogP contribution < -0.4 is 14.6 Å². The first-order valence-electron chi connectivity index (χ1n) is 6.96. The number of nitrogens with zero attached hydrogens (tertiary/aromatic N) is 3. The van der Waals surface area contributed by atoms with Crippen LogP contribution in [0.5, 0.6) is 5.75 Å². The van der Waals surface area contributed by atoms with Crippen molar-refractivity contribution in [1.82, 2.24) is 9.55 Å². The second kappa shape index (κ2) is 7.72. The van der Waals surface area contributed by atoms with Crippen molar-refractivity contribution < 1.29 is 8.37 Å². The number of aromatic nitrogens is 2. The highest BCUT2D eigenvalue weighted by molar-refractivity contribution is 7.90. The van der Waals surface area contributed by atoms with Crippen LogP contribution >= 0.6 is 23.9 Å². The van der Waals surface area contributed by atoms with E-state index < -0.39 is 0 Å². The topological polar surface area (TPSA) is 56.6 Å². The molecular weight excluding hydrogens is 338 g/mol. The van der Waals surface area contributed by atoms with Crippen molar-refractivity contribution in [1.29, 1.82) is 0 Å². The molecule has 0 atom stereocenters. The van der Waals surface area contributed by atoms with Gasteiger partial charge in [-0.3, -0.25) is 8.98 Å². The van der Waals surface area contributed by atoms with Crippen molar-refractivity contribution in [2.45, 2.75) is 6.92 Å². The number of anilines is 1. The Morgan fingerprint density at radius 2 is 2.04 bits per heavy atom. The third-order valence-corrected chi connectivity index (χ3v) is 4.05. The Labute approximate surface area is 144 Å². The molecule has 2 aromatic heterocycles. The van der Waals surface area contributed by atoms with Crippen molar-refractivity contribution in [3.05, 3.63) is 39.8 Å². The van der Waals surface area contributed by atoms with Crippen LogP contribution in [0.25, 0.3) is 11.3 Å². The molecule has 0 saturated heterocycles. The van der Waals surface area contributed by atoms with E-state index in [-0.39, 0.29) is 5.56 Å². The number of hydrogen-bond acceptors (Lipinski definition) is 6. The van der Waals surface area contributed by atoms with Gasteiger partial charge in [0.15, 0.2) is 5.75 Å². The van der Waals surface area contributed by atoms with Crippen LogP contribution in [0.2, 0.25) is 5.15 Å². The van der Waals surface area contributed by atoms with Gasteiger partial charge in [-0.2, -0.15) is 0 Å². The monoisotopic (exact) mass is 355 g/mol. The van der Waals surface area contributed by atoms with Crippen LogP contribution in [0.15, 0.2) is 29.1 Å². The SMILES string of the molecule is CCOSOc1ccc(N(C)C)nc1-c1ccc(Cl)n(C)c1=O. The van der Waals surface area contributed by atoms with E-state index in [1.54, 1.807) is 25.2 Å². The predicted octanol–water partition coefficient (Wildman–Crippen LogP) is 3.15. The average Bonchev–Trinajstić information content (AvgIpc) is 2.53. The summed E-state index contributed by atoms with van der Waals surface area (Å²) in [7, 11) is 5.36. The van der Waals surface area contributed by atoms with Gasteiger partial charge in [0.05, 0.1) is 12.2 Å². The molecule has 0 radical (unpaired) electrons. The van der Waals surface area contributed by atoms with Crippen LogP contribution in [0.1, 0.15) is 6.92 Å². The predicted molar refractivity (Wildman–Crippen MR) is 94.1 cm³/mol. The van der Waals surface area contributed by atoms with E-state index in [9.17, 15) is 4.79 Å². The molecule has 0 unspecified atom stereocenters. The van der Waals surface area contributed by atoms with Crippen molar-refractivity contribution in [2.24, 2.45) is 7.05 Å². The number of hydrogen-bond donors (Lipinski definition) is 0. The van der Waals surface area contributed by atoms with Gasteiger partial charge in [0.1, 0.15) is 16.7 Å². The first-order chi connectivity index (χ1) is 11.0. The lowest BCUT2D eigenvalue weighted by Gasteiger charge is -2.15. The normalized spacial score (nSPS) is 10.7. The summed E-state index contributed by atoms with van der Waals surface area (Å²) >= 11 is 6.83. The van der Waals surface area contributed by atoms with Gasteiger partial charge < -0.3 is 13.7 Å². The Kier molecular flexibility index (Phi) is 5.92. The molecule has 0 aromatic carbocycles. The van der Waals surface area contributed by atoms with Crippen molar-refractivity contribution in [3.63, 3.8) is 0 Å². The molecule has 0 fully saturated rings. The minimum absolute atomic E-state index is 0.243. The molecule has 0 spiro atoms. The first-order valence-corrected chi connectivity index (χ1v) is 8.00. The molecule has 2 heterocycles. The molecule has 0 aliphatic heterocycles. The van der Waals surface area contributed by atoms with Gasteiger partial charge in [0, 0.05) is 21.1 Å². The van der Waals surface area contributed by atoms with E-state index >= 15 is 0 Å². The zero-order chi connectivity index (χ0) is 17.0. The summed E-state index contributed by atoms with van der Waals surface area (Å²) in [4.78, 5) is 18.9. The van der Waals surface area contributed by atoms with Gasteiger partial charge in [0.2, 0.25) is 12.3 Å².